The van der Waals surface area contributed by atoms with Crippen molar-refractivity contribution in [1.82, 2.24) is 4.90 Å². The molecule has 2 aliphatic rings. The van der Waals surface area contributed by atoms with Crippen molar-refractivity contribution in [1.29, 1.82) is 0 Å². The van der Waals surface area contributed by atoms with Crippen LogP contribution in [0.3, 0.4) is 0 Å². The molecule has 0 saturated carbocycles. The standard InChI is InChI=1S/C24H21NO5/c26-22(19-11-5-13-30-19)20-21(18-10-3-7-15-6-1-2-9-17(15)18)25(24(28)23(20)27)14-16-8-4-12-29-16/h1-3,5-7,9-11,13,16,21,27H,4,8,12,14H2. The van der Waals surface area contributed by atoms with Gasteiger partial charge in [-0.05, 0) is 41.3 Å². The first-order valence-electron chi connectivity index (χ1n) is 10.1. The Hall–Kier alpha value is -3.38. The molecule has 3 heterocycles. The molecule has 0 aliphatic carbocycles. The van der Waals surface area contributed by atoms with Gasteiger partial charge in [0.2, 0.25) is 5.78 Å². The number of nitrogens with zero attached hydrogens (tertiary/aromatic N) is 1. The van der Waals surface area contributed by atoms with E-state index < -0.39 is 23.5 Å². The molecule has 0 spiro atoms. The zero-order chi connectivity index (χ0) is 20.7. The van der Waals surface area contributed by atoms with Crippen molar-refractivity contribution in [3.63, 3.8) is 0 Å². The zero-order valence-corrected chi connectivity index (χ0v) is 16.3. The highest BCUT2D eigenvalue weighted by Crippen LogP contribution is 2.42. The quantitative estimate of drug-likeness (QED) is 0.646. The number of fused-ring (bicyclic) bond motifs is 1. The van der Waals surface area contributed by atoms with Crippen molar-refractivity contribution in [2.45, 2.75) is 25.0 Å². The molecule has 2 aliphatic heterocycles. The second-order valence-corrected chi connectivity index (χ2v) is 7.63. The number of hydrogen-bond donors (Lipinski definition) is 1. The summed E-state index contributed by atoms with van der Waals surface area (Å²) in [7, 11) is 0. The molecule has 2 unspecified atom stereocenters. The van der Waals surface area contributed by atoms with Crippen LogP contribution in [0.2, 0.25) is 0 Å². The number of rotatable bonds is 5. The van der Waals surface area contributed by atoms with Crippen molar-refractivity contribution < 1.29 is 23.8 Å². The van der Waals surface area contributed by atoms with Crippen molar-refractivity contribution >= 4 is 22.5 Å². The average Bonchev–Trinajstić information content (AvgIpc) is 3.52. The van der Waals surface area contributed by atoms with Gasteiger partial charge in [0.15, 0.2) is 11.5 Å². The number of Topliss-reactive ketones (excluding diaryl/α,β-unsaturated/α-hetero) is 1. The van der Waals surface area contributed by atoms with Gasteiger partial charge < -0.3 is 19.2 Å². The fourth-order valence-electron chi connectivity index (χ4n) is 4.43. The maximum atomic E-state index is 13.2. The molecule has 6 nitrogen and oxygen atoms in total. The number of aliphatic hydroxyl groups excluding tert-OH is 1. The zero-order valence-electron chi connectivity index (χ0n) is 16.3. The number of carbonyl (C=O) groups excluding carboxylic acids is 2. The molecular weight excluding hydrogens is 382 g/mol. The van der Waals surface area contributed by atoms with Gasteiger partial charge >= 0.3 is 0 Å². The third kappa shape index (κ3) is 3.00. The summed E-state index contributed by atoms with van der Waals surface area (Å²) in [6.07, 6.45) is 3.06. The van der Waals surface area contributed by atoms with E-state index in [1.165, 1.54) is 12.3 Å². The summed E-state index contributed by atoms with van der Waals surface area (Å²) in [5.74, 6) is -1.47. The van der Waals surface area contributed by atoms with Crippen LogP contribution in [0.4, 0.5) is 0 Å². The molecule has 1 amide bonds. The first-order valence-corrected chi connectivity index (χ1v) is 10.1. The number of ether oxygens (including phenoxy) is 1. The Morgan fingerprint density at radius 2 is 1.93 bits per heavy atom. The largest absolute Gasteiger partial charge is 0.503 e. The van der Waals surface area contributed by atoms with E-state index in [2.05, 4.69) is 0 Å². The van der Waals surface area contributed by atoms with Gasteiger partial charge in [0, 0.05) is 13.2 Å². The van der Waals surface area contributed by atoms with E-state index in [1.807, 2.05) is 42.5 Å². The number of ketones is 1. The van der Waals surface area contributed by atoms with Crippen LogP contribution < -0.4 is 0 Å². The average molecular weight is 403 g/mol. The minimum absolute atomic E-state index is 0.0456. The van der Waals surface area contributed by atoms with Gasteiger partial charge in [0.05, 0.1) is 24.0 Å². The maximum Gasteiger partial charge on any atom is 0.290 e. The van der Waals surface area contributed by atoms with Gasteiger partial charge in [-0.15, -0.1) is 0 Å². The number of benzene rings is 2. The van der Waals surface area contributed by atoms with E-state index in [0.29, 0.717) is 13.2 Å². The molecule has 3 aromatic rings. The molecule has 1 aromatic heterocycles. The second kappa shape index (κ2) is 7.46. The summed E-state index contributed by atoms with van der Waals surface area (Å²) in [6.45, 7) is 0.967. The smallest absolute Gasteiger partial charge is 0.290 e. The molecule has 2 aromatic carbocycles. The minimum atomic E-state index is -0.717. The van der Waals surface area contributed by atoms with Gasteiger partial charge in [-0.2, -0.15) is 0 Å². The molecule has 30 heavy (non-hydrogen) atoms. The number of hydrogen-bond acceptors (Lipinski definition) is 5. The van der Waals surface area contributed by atoms with Crippen LogP contribution in [0.15, 0.2) is 76.6 Å². The fourth-order valence-corrected chi connectivity index (χ4v) is 4.43. The molecule has 1 saturated heterocycles. The number of aliphatic hydroxyl groups is 1. The summed E-state index contributed by atoms with van der Waals surface area (Å²) >= 11 is 0. The molecule has 0 bridgehead atoms. The van der Waals surface area contributed by atoms with Crippen LogP contribution in [-0.4, -0.2) is 41.0 Å². The first kappa shape index (κ1) is 18.6. The normalized spacial score (nSPS) is 21.7. The summed E-state index contributed by atoms with van der Waals surface area (Å²) < 4.78 is 11.0. The summed E-state index contributed by atoms with van der Waals surface area (Å²) in [5, 5.41) is 12.7. The van der Waals surface area contributed by atoms with Crippen LogP contribution in [-0.2, 0) is 9.53 Å². The lowest BCUT2D eigenvalue weighted by Crippen LogP contribution is -2.37. The number of carbonyl (C=O) groups is 2. The van der Waals surface area contributed by atoms with E-state index in [9.17, 15) is 14.7 Å². The van der Waals surface area contributed by atoms with Crippen molar-refractivity contribution in [3.05, 3.63) is 83.5 Å². The first-order chi connectivity index (χ1) is 14.6. The molecular formula is C24H21NO5. The van der Waals surface area contributed by atoms with E-state index in [-0.39, 0.29) is 17.4 Å². The molecule has 0 radical (unpaired) electrons. The van der Waals surface area contributed by atoms with Crippen LogP contribution in [0, 0.1) is 0 Å². The van der Waals surface area contributed by atoms with Crippen molar-refractivity contribution in [3.8, 4) is 0 Å². The third-order valence-electron chi connectivity index (χ3n) is 5.84. The van der Waals surface area contributed by atoms with E-state index in [4.69, 9.17) is 9.15 Å². The highest BCUT2D eigenvalue weighted by molar-refractivity contribution is 6.15. The highest BCUT2D eigenvalue weighted by atomic mass is 16.5. The molecule has 6 heteroatoms. The van der Waals surface area contributed by atoms with E-state index in [0.717, 1.165) is 29.2 Å². The Bertz CT molecular complexity index is 1140. The Morgan fingerprint density at radius 1 is 1.10 bits per heavy atom. The summed E-state index contributed by atoms with van der Waals surface area (Å²) in [4.78, 5) is 27.9. The van der Waals surface area contributed by atoms with Gasteiger partial charge in [0.25, 0.3) is 5.91 Å². The molecule has 5 rings (SSSR count). The molecule has 1 fully saturated rings. The van der Waals surface area contributed by atoms with Gasteiger partial charge in [0.1, 0.15) is 0 Å². The van der Waals surface area contributed by atoms with Crippen molar-refractivity contribution in [2.24, 2.45) is 0 Å². The van der Waals surface area contributed by atoms with Crippen molar-refractivity contribution in [2.75, 3.05) is 13.2 Å². The lowest BCUT2D eigenvalue weighted by molar-refractivity contribution is -0.131. The number of furan rings is 1. The predicted molar refractivity (Wildman–Crippen MR) is 110 cm³/mol. The minimum Gasteiger partial charge on any atom is -0.503 e. The Kier molecular flexibility index (Phi) is 4.64. The van der Waals surface area contributed by atoms with Crippen LogP contribution in [0.1, 0.15) is 35.0 Å². The van der Waals surface area contributed by atoms with Gasteiger partial charge in [-0.3, -0.25) is 9.59 Å². The molecule has 152 valence electrons. The van der Waals surface area contributed by atoms with Crippen LogP contribution in [0.25, 0.3) is 10.8 Å². The lowest BCUT2D eigenvalue weighted by atomic mass is 9.91. The monoisotopic (exact) mass is 403 g/mol. The van der Waals surface area contributed by atoms with Crippen LogP contribution >= 0.6 is 0 Å². The highest BCUT2D eigenvalue weighted by Gasteiger charge is 2.45. The molecule has 2 atom stereocenters. The number of amides is 1. The van der Waals surface area contributed by atoms with E-state index >= 15 is 0 Å². The summed E-state index contributed by atoms with van der Waals surface area (Å²) in [5.41, 5.74) is 0.836. The SMILES string of the molecule is O=C(C1=C(O)C(=O)N(CC2CCCO2)C1c1cccc2ccccc12)c1ccco1. The Morgan fingerprint density at radius 3 is 2.70 bits per heavy atom. The second-order valence-electron chi connectivity index (χ2n) is 7.63. The Balaban J connectivity index is 1.66. The topological polar surface area (TPSA) is 80.0 Å². The predicted octanol–water partition coefficient (Wildman–Crippen LogP) is 4.19. The van der Waals surface area contributed by atoms with Gasteiger partial charge in [-0.1, -0.05) is 42.5 Å². The maximum absolute atomic E-state index is 13.2. The van der Waals surface area contributed by atoms with E-state index in [1.54, 1.807) is 11.0 Å². The Labute approximate surface area is 173 Å². The summed E-state index contributed by atoms with van der Waals surface area (Å²) in [6, 6.07) is 16.0. The van der Waals surface area contributed by atoms with Crippen LogP contribution in [0.5, 0.6) is 0 Å². The molecule has 1 N–H and O–H groups in total. The lowest BCUT2D eigenvalue weighted by Gasteiger charge is -2.29. The third-order valence-corrected chi connectivity index (χ3v) is 5.84. The van der Waals surface area contributed by atoms with Gasteiger partial charge in [-0.25, -0.2) is 0 Å². The fraction of sp³-hybridized carbons (Fsp3) is 0.250.